The van der Waals surface area contributed by atoms with Gasteiger partial charge in [0.15, 0.2) is 3.95 Å². The van der Waals surface area contributed by atoms with Gasteiger partial charge in [0.2, 0.25) is 11.0 Å². The predicted octanol–water partition coefficient (Wildman–Crippen LogP) is 2.26. The van der Waals surface area contributed by atoms with Crippen molar-refractivity contribution in [2.45, 2.75) is 51.4 Å². The van der Waals surface area contributed by atoms with Crippen LogP contribution in [0.2, 0.25) is 0 Å². The standard InChI is InChI=1S/C14H22N4O2S2/c1-10(19)18(11-3-4-11)13-15-17(14(21)22-13)9-16-7-5-12(20-2)6-8-16/h11-12H,3-9H2,1-2H3. The molecule has 0 N–H and O–H groups in total. The molecule has 1 saturated carbocycles. The summed E-state index contributed by atoms with van der Waals surface area (Å²) in [5, 5.41) is 5.33. The minimum Gasteiger partial charge on any atom is -0.381 e. The molecule has 0 aromatic carbocycles. The van der Waals surface area contributed by atoms with Gasteiger partial charge in [-0.2, -0.15) is 0 Å². The van der Waals surface area contributed by atoms with Crippen molar-refractivity contribution in [3.8, 4) is 0 Å². The topological polar surface area (TPSA) is 50.6 Å². The van der Waals surface area contributed by atoms with Gasteiger partial charge in [0.25, 0.3) is 0 Å². The van der Waals surface area contributed by atoms with Crippen molar-refractivity contribution in [1.82, 2.24) is 14.7 Å². The molecule has 22 heavy (non-hydrogen) atoms. The first-order valence-corrected chi connectivity index (χ1v) is 8.94. The van der Waals surface area contributed by atoms with Crippen LogP contribution in [0.15, 0.2) is 0 Å². The molecule has 2 fully saturated rings. The fourth-order valence-corrected chi connectivity index (χ4v) is 4.04. The highest BCUT2D eigenvalue weighted by molar-refractivity contribution is 7.73. The van der Waals surface area contributed by atoms with E-state index < -0.39 is 0 Å². The Labute approximate surface area is 139 Å². The van der Waals surface area contributed by atoms with Crippen molar-refractivity contribution < 1.29 is 9.53 Å². The average molecular weight is 342 g/mol. The minimum absolute atomic E-state index is 0.0549. The van der Waals surface area contributed by atoms with E-state index in [9.17, 15) is 4.79 Å². The summed E-state index contributed by atoms with van der Waals surface area (Å²) < 4.78 is 7.98. The molecule has 6 nitrogen and oxygen atoms in total. The zero-order valence-corrected chi connectivity index (χ0v) is 14.7. The Morgan fingerprint density at radius 2 is 2.09 bits per heavy atom. The van der Waals surface area contributed by atoms with Crippen molar-refractivity contribution >= 4 is 34.6 Å². The maximum atomic E-state index is 11.8. The summed E-state index contributed by atoms with van der Waals surface area (Å²) in [6, 6.07) is 0.323. The number of amides is 1. The lowest BCUT2D eigenvalue weighted by Crippen LogP contribution is -2.38. The van der Waals surface area contributed by atoms with Crippen molar-refractivity contribution in [1.29, 1.82) is 0 Å². The molecular formula is C14H22N4O2S2. The van der Waals surface area contributed by atoms with E-state index in [0.717, 1.165) is 47.9 Å². The molecule has 1 saturated heterocycles. The second-order valence-electron chi connectivity index (χ2n) is 5.96. The van der Waals surface area contributed by atoms with Gasteiger partial charge >= 0.3 is 0 Å². The fraction of sp³-hybridized carbons (Fsp3) is 0.786. The second-order valence-corrected chi connectivity index (χ2v) is 7.57. The number of methoxy groups -OCH3 is 1. The van der Waals surface area contributed by atoms with Gasteiger partial charge in [-0.25, -0.2) is 4.68 Å². The summed E-state index contributed by atoms with van der Waals surface area (Å²) in [6.07, 6.45) is 4.59. The SMILES string of the molecule is COC1CCN(Cn2nc(N(C(C)=O)C3CC3)sc2=S)CC1. The van der Waals surface area contributed by atoms with Gasteiger partial charge < -0.3 is 4.74 Å². The van der Waals surface area contributed by atoms with E-state index in [4.69, 9.17) is 17.0 Å². The molecule has 1 amide bonds. The fourth-order valence-electron chi connectivity index (χ4n) is 2.84. The Balaban J connectivity index is 1.67. The number of aromatic nitrogens is 2. The van der Waals surface area contributed by atoms with Gasteiger partial charge in [-0.05, 0) is 37.9 Å². The Morgan fingerprint density at radius 1 is 1.41 bits per heavy atom. The van der Waals surface area contributed by atoms with Crippen molar-refractivity contribution in [2.24, 2.45) is 0 Å². The predicted molar refractivity (Wildman–Crippen MR) is 88.7 cm³/mol. The monoisotopic (exact) mass is 342 g/mol. The lowest BCUT2D eigenvalue weighted by Gasteiger charge is -2.30. The van der Waals surface area contributed by atoms with Gasteiger partial charge in [0.1, 0.15) is 0 Å². The number of carbonyl (C=O) groups is 1. The third-order valence-corrected chi connectivity index (χ3v) is 5.56. The van der Waals surface area contributed by atoms with Gasteiger partial charge in [-0.1, -0.05) is 11.3 Å². The normalized spacial score (nSPS) is 20.3. The maximum absolute atomic E-state index is 11.8. The third-order valence-electron chi connectivity index (χ3n) is 4.25. The van der Waals surface area contributed by atoms with Crippen LogP contribution in [0.5, 0.6) is 0 Å². The number of nitrogens with zero attached hydrogens (tertiary/aromatic N) is 4. The van der Waals surface area contributed by atoms with E-state index >= 15 is 0 Å². The summed E-state index contributed by atoms with van der Waals surface area (Å²) in [5.74, 6) is 0.0549. The first kappa shape index (κ1) is 16.0. The largest absolute Gasteiger partial charge is 0.381 e. The molecule has 0 spiro atoms. The van der Waals surface area contributed by atoms with Crippen LogP contribution in [0.1, 0.15) is 32.6 Å². The van der Waals surface area contributed by atoms with E-state index in [1.165, 1.54) is 11.3 Å². The lowest BCUT2D eigenvalue weighted by atomic mass is 10.1. The Morgan fingerprint density at radius 3 is 2.64 bits per heavy atom. The molecule has 1 aromatic heterocycles. The molecule has 0 bridgehead atoms. The lowest BCUT2D eigenvalue weighted by molar-refractivity contribution is -0.116. The molecular weight excluding hydrogens is 320 g/mol. The Kier molecular flexibility index (Phi) is 4.91. The maximum Gasteiger partial charge on any atom is 0.225 e. The second kappa shape index (κ2) is 6.74. The molecule has 0 radical (unpaired) electrons. The van der Waals surface area contributed by atoms with Crippen LogP contribution >= 0.6 is 23.6 Å². The zero-order chi connectivity index (χ0) is 15.7. The summed E-state index contributed by atoms with van der Waals surface area (Å²) in [7, 11) is 1.78. The molecule has 8 heteroatoms. The minimum atomic E-state index is 0.0549. The number of rotatable bonds is 5. The number of ether oxygens (including phenoxy) is 1. The number of carbonyl (C=O) groups excluding carboxylic acids is 1. The van der Waals surface area contributed by atoms with Crippen LogP contribution in [0, 0.1) is 3.95 Å². The highest BCUT2D eigenvalue weighted by atomic mass is 32.1. The van der Waals surface area contributed by atoms with Crippen molar-refractivity contribution in [2.75, 3.05) is 25.1 Å². The quantitative estimate of drug-likeness (QED) is 0.768. The molecule has 0 atom stereocenters. The van der Waals surface area contributed by atoms with Crippen LogP contribution < -0.4 is 4.90 Å². The molecule has 3 rings (SSSR count). The number of piperidine rings is 1. The Hall–Kier alpha value is -0.830. The molecule has 2 aliphatic rings. The van der Waals surface area contributed by atoms with Crippen LogP contribution in [-0.4, -0.2) is 52.9 Å². The summed E-state index contributed by atoms with van der Waals surface area (Å²) in [5.41, 5.74) is 0. The third kappa shape index (κ3) is 3.56. The Bertz CT molecular complexity index is 588. The van der Waals surface area contributed by atoms with Gasteiger partial charge in [0, 0.05) is 33.2 Å². The number of anilines is 1. The molecule has 1 aliphatic carbocycles. The highest BCUT2D eigenvalue weighted by Crippen LogP contribution is 2.33. The van der Waals surface area contributed by atoms with Crippen molar-refractivity contribution in [3.05, 3.63) is 3.95 Å². The first-order valence-electron chi connectivity index (χ1n) is 7.71. The van der Waals surface area contributed by atoms with Crippen LogP contribution in [0.4, 0.5) is 5.13 Å². The highest BCUT2D eigenvalue weighted by Gasteiger charge is 2.34. The smallest absolute Gasteiger partial charge is 0.225 e. The van der Waals surface area contributed by atoms with Crippen LogP contribution in [0.3, 0.4) is 0 Å². The number of likely N-dealkylation sites (tertiary alicyclic amines) is 1. The van der Waals surface area contributed by atoms with Crippen molar-refractivity contribution in [3.63, 3.8) is 0 Å². The van der Waals surface area contributed by atoms with Gasteiger partial charge in [0.05, 0.1) is 12.8 Å². The van der Waals surface area contributed by atoms with Gasteiger partial charge in [-0.3, -0.25) is 14.6 Å². The molecule has 1 aliphatic heterocycles. The molecule has 1 aromatic rings. The van der Waals surface area contributed by atoms with E-state index in [1.54, 1.807) is 18.9 Å². The first-order chi connectivity index (χ1) is 10.6. The van der Waals surface area contributed by atoms with Crippen LogP contribution in [0.25, 0.3) is 0 Å². The van der Waals surface area contributed by atoms with E-state index in [1.807, 2.05) is 4.68 Å². The van der Waals surface area contributed by atoms with E-state index in [-0.39, 0.29) is 5.91 Å². The molecule has 2 heterocycles. The summed E-state index contributed by atoms with van der Waals surface area (Å²) in [4.78, 5) is 16.0. The molecule has 122 valence electrons. The van der Waals surface area contributed by atoms with Gasteiger partial charge in [-0.15, -0.1) is 5.10 Å². The zero-order valence-electron chi connectivity index (χ0n) is 13.0. The molecule has 0 unspecified atom stereocenters. The van der Waals surface area contributed by atoms with E-state index in [0.29, 0.717) is 18.8 Å². The number of hydrogen-bond acceptors (Lipinski definition) is 6. The summed E-state index contributed by atoms with van der Waals surface area (Å²) in [6.45, 7) is 4.28. The number of hydrogen-bond donors (Lipinski definition) is 0. The van der Waals surface area contributed by atoms with E-state index in [2.05, 4.69) is 10.00 Å². The summed E-state index contributed by atoms with van der Waals surface area (Å²) >= 11 is 6.86. The average Bonchev–Trinajstić information content (AvgIpc) is 3.25. The van der Waals surface area contributed by atoms with Crippen LogP contribution in [-0.2, 0) is 16.2 Å².